The van der Waals surface area contributed by atoms with Crippen molar-refractivity contribution in [2.75, 3.05) is 0 Å². The van der Waals surface area contributed by atoms with Crippen LogP contribution in [-0.2, 0) is 0 Å². The van der Waals surface area contributed by atoms with Crippen LogP contribution in [0.1, 0.15) is 0 Å². The Labute approximate surface area is 359 Å². The van der Waals surface area contributed by atoms with Crippen molar-refractivity contribution in [3.8, 4) is 67.5 Å². The van der Waals surface area contributed by atoms with Gasteiger partial charge in [-0.2, -0.15) is 0 Å². The highest BCUT2D eigenvalue weighted by Crippen LogP contribution is 2.48. The van der Waals surface area contributed by atoms with Crippen LogP contribution in [0, 0.1) is 0 Å². The second-order valence-corrected chi connectivity index (χ2v) is 15.9. The summed E-state index contributed by atoms with van der Waals surface area (Å²) in [5.74, 6) is 1.90. The Kier molecular flexibility index (Phi) is 8.50. The molecule has 0 aliphatic carbocycles. The summed E-state index contributed by atoms with van der Waals surface area (Å²) in [6.45, 7) is 0. The summed E-state index contributed by atoms with van der Waals surface area (Å²) in [6, 6.07) is 80.1. The second-order valence-electron chi connectivity index (χ2n) is 15.9. The van der Waals surface area contributed by atoms with Crippen LogP contribution in [0.2, 0.25) is 0 Å². The SMILES string of the molecule is c1ccc(-c2nc(-c3ccccc3-c3ccccc3)nc(-c3ccc(-c4c5ccccc5c(-c5ccc6ccccc6c5)c5c4ccc4ccccc45)c4ccccc34)n2)cc1. The molecule has 0 atom stereocenters. The van der Waals surface area contributed by atoms with Gasteiger partial charge in [0.25, 0.3) is 0 Å². The van der Waals surface area contributed by atoms with E-state index < -0.39 is 0 Å². The lowest BCUT2D eigenvalue weighted by Crippen LogP contribution is -2.01. The van der Waals surface area contributed by atoms with Gasteiger partial charge in [0.1, 0.15) is 0 Å². The van der Waals surface area contributed by atoms with Gasteiger partial charge in [-0.05, 0) is 99.4 Å². The highest BCUT2D eigenvalue weighted by atomic mass is 15.0. The molecular formula is C59H37N3. The van der Waals surface area contributed by atoms with E-state index in [1.165, 1.54) is 59.8 Å². The number of fused-ring (bicyclic) bond motifs is 6. The molecule has 12 rings (SSSR count). The van der Waals surface area contributed by atoms with Crippen molar-refractivity contribution in [1.29, 1.82) is 0 Å². The van der Waals surface area contributed by atoms with Gasteiger partial charge < -0.3 is 0 Å². The highest BCUT2D eigenvalue weighted by Gasteiger charge is 2.22. The number of nitrogens with zero attached hydrogens (tertiary/aromatic N) is 3. The van der Waals surface area contributed by atoms with Crippen molar-refractivity contribution in [2.24, 2.45) is 0 Å². The fourth-order valence-corrected chi connectivity index (χ4v) is 9.48. The molecule has 12 aromatic rings. The quantitative estimate of drug-likeness (QED) is 0.124. The van der Waals surface area contributed by atoms with E-state index >= 15 is 0 Å². The average molecular weight is 788 g/mol. The third-order valence-corrected chi connectivity index (χ3v) is 12.3. The van der Waals surface area contributed by atoms with Crippen molar-refractivity contribution >= 4 is 53.9 Å². The summed E-state index contributed by atoms with van der Waals surface area (Å²) < 4.78 is 0. The Morgan fingerprint density at radius 3 is 1.47 bits per heavy atom. The lowest BCUT2D eigenvalue weighted by Gasteiger charge is -2.21. The van der Waals surface area contributed by atoms with Crippen LogP contribution < -0.4 is 0 Å². The van der Waals surface area contributed by atoms with E-state index in [-0.39, 0.29) is 0 Å². The molecule has 288 valence electrons. The van der Waals surface area contributed by atoms with E-state index in [1.807, 2.05) is 24.3 Å². The molecule has 0 aliphatic heterocycles. The van der Waals surface area contributed by atoms with Crippen molar-refractivity contribution < 1.29 is 0 Å². The number of aromatic nitrogens is 3. The Balaban J connectivity index is 1.13. The third-order valence-electron chi connectivity index (χ3n) is 12.3. The maximum Gasteiger partial charge on any atom is 0.164 e. The van der Waals surface area contributed by atoms with Crippen LogP contribution in [-0.4, -0.2) is 15.0 Å². The summed E-state index contributed by atoms with van der Waals surface area (Å²) in [5, 5.41) is 12.0. The smallest absolute Gasteiger partial charge is 0.164 e. The number of benzene rings is 11. The van der Waals surface area contributed by atoms with Gasteiger partial charge in [-0.25, -0.2) is 15.0 Å². The molecule has 0 aliphatic rings. The monoisotopic (exact) mass is 787 g/mol. The van der Waals surface area contributed by atoms with Crippen molar-refractivity contribution in [2.45, 2.75) is 0 Å². The first-order valence-electron chi connectivity index (χ1n) is 21.1. The largest absolute Gasteiger partial charge is 0.208 e. The molecule has 62 heavy (non-hydrogen) atoms. The molecule has 0 saturated carbocycles. The zero-order valence-corrected chi connectivity index (χ0v) is 33.7. The molecule has 0 N–H and O–H groups in total. The molecule has 0 saturated heterocycles. The molecule has 0 bridgehead atoms. The van der Waals surface area contributed by atoms with Crippen LogP contribution in [0.25, 0.3) is 121 Å². The van der Waals surface area contributed by atoms with Crippen molar-refractivity contribution in [3.05, 3.63) is 224 Å². The fourth-order valence-electron chi connectivity index (χ4n) is 9.48. The Hall–Kier alpha value is -8.27. The van der Waals surface area contributed by atoms with E-state index in [0.717, 1.165) is 44.2 Å². The summed E-state index contributed by atoms with van der Waals surface area (Å²) >= 11 is 0. The van der Waals surface area contributed by atoms with E-state index in [4.69, 9.17) is 15.0 Å². The standard InChI is InChI=1S/C59H37N3/c1-3-18-39(19-4-1)44-24-11-16-30-51(44)58-60-57(41-21-5-2-6-22-41)61-59(62-58)52-36-35-50(46-26-12-13-27-47(46)52)55-49-29-15-14-28-48(49)54(43-32-31-38-17-7-8-23-42(38)37-43)56-45-25-10-9-20-40(45)33-34-53(55)56/h1-37H. The summed E-state index contributed by atoms with van der Waals surface area (Å²) in [7, 11) is 0. The number of hydrogen-bond acceptors (Lipinski definition) is 3. The second kappa shape index (κ2) is 14.8. The zero-order chi connectivity index (χ0) is 41.0. The molecular weight excluding hydrogens is 751 g/mol. The number of rotatable bonds is 6. The molecule has 3 heteroatoms. The van der Waals surface area contributed by atoms with Gasteiger partial charge in [0.2, 0.25) is 0 Å². The minimum atomic E-state index is 0.631. The molecule has 0 amide bonds. The van der Waals surface area contributed by atoms with Crippen molar-refractivity contribution in [3.63, 3.8) is 0 Å². The molecule has 0 unspecified atom stereocenters. The van der Waals surface area contributed by atoms with Gasteiger partial charge in [-0.1, -0.05) is 212 Å². The first-order valence-corrected chi connectivity index (χ1v) is 21.1. The lowest BCUT2D eigenvalue weighted by molar-refractivity contribution is 1.08. The minimum Gasteiger partial charge on any atom is -0.208 e. The summed E-state index contributed by atoms with van der Waals surface area (Å²) in [6.07, 6.45) is 0. The van der Waals surface area contributed by atoms with Gasteiger partial charge in [0.15, 0.2) is 17.5 Å². The Bertz CT molecular complexity index is 3690. The minimum absolute atomic E-state index is 0.631. The maximum absolute atomic E-state index is 5.32. The van der Waals surface area contributed by atoms with Gasteiger partial charge in [-0.3, -0.25) is 0 Å². The first kappa shape index (κ1) is 35.7. The van der Waals surface area contributed by atoms with E-state index in [1.54, 1.807) is 0 Å². The molecule has 1 aromatic heterocycles. The first-order chi connectivity index (χ1) is 30.8. The van der Waals surface area contributed by atoms with Crippen LogP contribution in [0.4, 0.5) is 0 Å². The van der Waals surface area contributed by atoms with Gasteiger partial charge in [-0.15, -0.1) is 0 Å². The summed E-state index contributed by atoms with van der Waals surface area (Å²) in [4.78, 5) is 15.7. The lowest BCUT2D eigenvalue weighted by atomic mass is 9.82. The molecule has 3 nitrogen and oxygen atoms in total. The predicted molar refractivity (Wildman–Crippen MR) is 260 cm³/mol. The van der Waals surface area contributed by atoms with Crippen LogP contribution in [0.5, 0.6) is 0 Å². The van der Waals surface area contributed by atoms with Crippen LogP contribution in [0.15, 0.2) is 224 Å². The van der Waals surface area contributed by atoms with E-state index in [2.05, 4.69) is 200 Å². The van der Waals surface area contributed by atoms with Gasteiger partial charge >= 0.3 is 0 Å². The number of hydrogen-bond donors (Lipinski definition) is 0. The average Bonchev–Trinajstić information content (AvgIpc) is 3.35. The van der Waals surface area contributed by atoms with Crippen LogP contribution in [0.3, 0.4) is 0 Å². The normalized spacial score (nSPS) is 11.5. The molecule has 11 aromatic carbocycles. The maximum atomic E-state index is 5.32. The van der Waals surface area contributed by atoms with Gasteiger partial charge in [0, 0.05) is 16.7 Å². The van der Waals surface area contributed by atoms with Crippen LogP contribution >= 0.6 is 0 Å². The Morgan fingerprint density at radius 1 is 0.226 bits per heavy atom. The third kappa shape index (κ3) is 5.94. The molecule has 0 radical (unpaired) electrons. The Morgan fingerprint density at radius 2 is 0.726 bits per heavy atom. The highest BCUT2D eigenvalue weighted by molar-refractivity contribution is 6.29. The predicted octanol–water partition coefficient (Wildman–Crippen LogP) is 15.6. The topological polar surface area (TPSA) is 38.7 Å². The van der Waals surface area contributed by atoms with E-state index in [0.29, 0.717) is 17.5 Å². The zero-order valence-electron chi connectivity index (χ0n) is 33.7. The molecule has 0 spiro atoms. The summed E-state index contributed by atoms with van der Waals surface area (Å²) in [5.41, 5.74) is 9.87. The molecule has 1 heterocycles. The van der Waals surface area contributed by atoms with Crippen molar-refractivity contribution in [1.82, 2.24) is 15.0 Å². The van der Waals surface area contributed by atoms with Gasteiger partial charge in [0.05, 0.1) is 0 Å². The fraction of sp³-hybridized carbons (Fsp3) is 0. The molecule has 0 fully saturated rings. The van der Waals surface area contributed by atoms with E-state index in [9.17, 15) is 0 Å².